The molecule has 1 aliphatic rings. The van der Waals surface area contributed by atoms with Gasteiger partial charge in [0.05, 0.1) is 0 Å². The van der Waals surface area contributed by atoms with Crippen LogP contribution < -0.4 is 10.6 Å². The first-order chi connectivity index (χ1) is 11.9. The number of allylic oxidation sites excluding steroid dienone is 1. The van der Waals surface area contributed by atoms with Gasteiger partial charge in [-0.05, 0) is 36.5 Å². The van der Waals surface area contributed by atoms with Crippen molar-refractivity contribution in [3.8, 4) is 0 Å². The van der Waals surface area contributed by atoms with Gasteiger partial charge in [-0.2, -0.15) is 13.2 Å². The quantitative estimate of drug-likeness (QED) is 0.787. The third-order valence-electron chi connectivity index (χ3n) is 4.14. The third kappa shape index (κ3) is 6.25. The van der Waals surface area contributed by atoms with Crippen molar-refractivity contribution in [2.24, 2.45) is 5.92 Å². The molecule has 1 aromatic rings. The minimum absolute atomic E-state index is 0.318. The predicted octanol–water partition coefficient (Wildman–Crippen LogP) is 3.94. The number of nitrogens with one attached hydrogen (secondary N) is 2. The monoisotopic (exact) mass is 354 g/mol. The molecule has 0 radical (unpaired) electrons. The third-order valence-corrected chi connectivity index (χ3v) is 4.14. The zero-order chi connectivity index (χ0) is 18.3. The molecule has 2 rings (SSSR count). The van der Waals surface area contributed by atoms with Gasteiger partial charge < -0.3 is 10.6 Å². The topological polar surface area (TPSA) is 58.2 Å². The zero-order valence-electron chi connectivity index (χ0n) is 13.7. The molecule has 7 heteroatoms. The number of anilines is 1. The summed E-state index contributed by atoms with van der Waals surface area (Å²) in [6.45, 7) is -0.318. The van der Waals surface area contributed by atoms with E-state index in [-0.39, 0.29) is 12.5 Å². The Bertz CT molecular complexity index is 635. The summed E-state index contributed by atoms with van der Waals surface area (Å²) in [4.78, 5) is 23.0. The van der Waals surface area contributed by atoms with E-state index in [9.17, 15) is 22.8 Å². The van der Waals surface area contributed by atoms with Crippen molar-refractivity contribution in [3.05, 3.63) is 42.0 Å². The molecule has 1 aromatic carbocycles. The standard InChI is InChI=1S/C18H21F3N2O2/c19-18(20,21)17(25)22-12-14-8-4-5-9-15(14)23-16(24)11-10-13-6-2-1-3-7-13/h4-5,8-11,13H,1-3,6-7,12H2,(H,22,25)(H,23,24)/b11-10+. The van der Waals surface area contributed by atoms with Crippen LogP contribution in [0.4, 0.5) is 18.9 Å². The number of hydrogen-bond acceptors (Lipinski definition) is 2. The Hall–Kier alpha value is -2.31. The van der Waals surface area contributed by atoms with Crippen molar-refractivity contribution in [2.75, 3.05) is 5.32 Å². The number of amides is 2. The van der Waals surface area contributed by atoms with Gasteiger partial charge >= 0.3 is 12.1 Å². The van der Waals surface area contributed by atoms with Gasteiger partial charge in [-0.1, -0.05) is 43.5 Å². The first-order valence-electron chi connectivity index (χ1n) is 8.28. The lowest BCUT2D eigenvalue weighted by Crippen LogP contribution is -2.36. The maximum atomic E-state index is 12.2. The number of alkyl halides is 3. The van der Waals surface area contributed by atoms with Crippen LogP contribution in [0.5, 0.6) is 0 Å². The highest BCUT2D eigenvalue weighted by atomic mass is 19.4. The molecular formula is C18H21F3N2O2. The fraction of sp³-hybridized carbons (Fsp3) is 0.444. The number of para-hydroxylation sites is 1. The second-order valence-corrected chi connectivity index (χ2v) is 6.08. The predicted molar refractivity (Wildman–Crippen MR) is 88.7 cm³/mol. The van der Waals surface area contributed by atoms with Crippen LogP contribution in [0, 0.1) is 5.92 Å². The van der Waals surface area contributed by atoms with Crippen LogP contribution in [0.2, 0.25) is 0 Å². The summed E-state index contributed by atoms with van der Waals surface area (Å²) in [5.41, 5.74) is 0.780. The van der Waals surface area contributed by atoms with Gasteiger partial charge in [0.25, 0.3) is 0 Å². The van der Waals surface area contributed by atoms with Crippen molar-refractivity contribution < 1.29 is 22.8 Å². The Kier molecular flexibility index (Phi) is 6.61. The fourth-order valence-corrected chi connectivity index (χ4v) is 2.80. The van der Waals surface area contributed by atoms with Crippen molar-refractivity contribution >= 4 is 17.5 Å². The van der Waals surface area contributed by atoms with Gasteiger partial charge in [0, 0.05) is 12.2 Å². The lowest BCUT2D eigenvalue weighted by molar-refractivity contribution is -0.173. The van der Waals surface area contributed by atoms with E-state index in [2.05, 4.69) is 5.32 Å². The van der Waals surface area contributed by atoms with E-state index < -0.39 is 12.1 Å². The smallest absolute Gasteiger partial charge is 0.344 e. The van der Waals surface area contributed by atoms with E-state index in [1.165, 1.54) is 25.3 Å². The van der Waals surface area contributed by atoms with Crippen LogP contribution in [0.15, 0.2) is 36.4 Å². The molecule has 0 aromatic heterocycles. The Morgan fingerprint density at radius 2 is 1.80 bits per heavy atom. The van der Waals surface area contributed by atoms with Crippen molar-refractivity contribution in [3.63, 3.8) is 0 Å². The average molecular weight is 354 g/mol. The summed E-state index contributed by atoms with van der Waals surface area (Å²) in [6, 6.07) is 6.43. The summed E-state index contributed by atoms with van der Waals surface area (Å²) in [5, 5.41) is 4.46. The van der Waals surface area contributed by atoms with Crippen LogP contribution >= 0.6 is 0 Å². The van der Waals surface area contributed by atoms with Gasteiger partial charge in [0.15, 0.2) is 0 Å². The Balaban J connectivity index is 1.94. The van der Waals surface area contributed by atoms with E-state index in [1.54, 1.807) is 29.6 Å². The molecule has 2 N–H and O–H groups in total. The minimum Gasteiger partial charge on any atom is -0.344 e. The summed E-state index contributed by atoms with van der Waals surface area (Å²) < 4.78 is 36.7. The van der Waals surface area contributed by atoms with E-state index in [4.69, 9.17) is 0 Å². The second-order valence-electron chi connectivity index (χ2n) is 6.08. The number of halogens is 3. The molecule has 25 heavy (non-hydrogen) atoms. The molecule has 1 saturated carbocycles. The van der Waals surface area contributed by atoms with Crippen molar-refractivity contribution in [1.82, 2.24) is 5.32 Å². The van der Waals surface area contributed by atoms with Crippen molar-refractivity contribution in [1.29, 1.82) is 0 Å². The number of benzene rings is 1. The van der Waals surface area contributed by atoms with Crippen molar-refractivity contribution in [2.45, 2.75) is 44.8 Å². The SMILES string of the molecule is O=C(/C=C/C1CCCCC1)Nc1ccccc1CNC(=O)C(F)(F)F. The molecule has 4 nitrogen and oxygen atoms in total. The molecule has 136 valence electrons. The Morgan fingerprint density at radius 1 is 1.12 bits per heavy atom. The fourth-order valence-electron chi connectivity index (χ4n) is 2.80. The van der Waals surface area contributed by atoms with E-state index in [0.717, 1.165) is 12.8 Å². The molecule has 0 heterocycles. The highest BCUT2D eigenvalue weighted by Gasteiger charge is 2.38. The van der Waals surface area contributed by atoms with Gasteiger partial charge in [0.2, 0.25) is 5.91 Å². The molecule has 0 atom stereocenters. The summed E-state index contributed by atoms with van der Waals surface area (Å²) >= 11 is 0. The molecule has 0 bridgehead atoms. The molecule has 0 spiro atoms. The normalized spacial score (nSPS) is 16.0. The first-order valence-corrected chi connectivity index (χ1v) is 8.28. The zero-order valence-corrected chi connectivity index (χ0v) is 13.7. The van der Waals surface area contributed by atoms with E-state index in [1.807, 2.05) is 6.08 Å². The Labute approximate surface area is 144 Å². The maximum absolute atomic E-state index is 12.2. The van der Waals surface area contributed by atoms with Crippen LogP contribution in [-0.2, 0) is 16.1 Å². The lowest BCUT2D eigenvalue weighted by atomic mass is 9.89. The average Bonchev–Trinajstić information content (AvgIpc) is 2.59. The van der Waals surface area contributed by atoms with Gasteiger partial charge in [-0.15, -0.1) is 0 Å². The molecule has 1 fully saturated rings. The largest absolute Gasteiger partial charge is 0.471 e. The second kappa shape index (κ2) is 8.69. The molecular weight excluding hydrogens is 333 g/mol. The van der Waals surface area contributed by atoms with Gasteiger partial charge in [-0.25, -0.2) is 0 Å². The highest BCUT2D eigenvalue weighted by Crippen LogP contribution is 2.24. The van der Waals surface area contributed by atoms with E-state index >= 15 is 0 Å². The lowest BCUT2D eigenvalue weighted by Gasteiger charge is -2.17. The molecule has 1 aliphatic carbocycles. The number of carbonyl (C=O) groups excluding carboxylic acids is 2. The summed E-state index contributed by atoms with van der Waals surface area (Å²) in [5.74, 6) is -1.94. The van der Waals surface area contributed by atoms with E-state index in [0.29, 0.717) is 17.2 Å². The first kappa shape index (κ1) is 19.0. The van der Waals surface area contributed by atoms with Crippen LogP contribution in [-0.4, -0.2) is 18.0 Å². The van der Waals surface area contributed by atoms with Crippen LogP contribution in [0.25, 0.3) is 0 Å². The molecule has 2 amide bonds. The van der Waals surface area contributed by atoms with Gasteiger partial charge in [0.1, 0.15) is 0 Å². The Morgan fingerprint density at radius 3 is 2.48 bits per heavy atom. The molecule has 0 unspecified atom stereocenters. The highest BCUT2D eigenvalue weighted by molar-refractivity contribution is 5.99. The number of rotatable bonds is 5. The van der Waals surface area contributed by atoms with Gasteiger partial charge in [-0.3, -0.25) is 9.59 Å². The van der Waals surface area contributed by atoms with Crippen LogP contribution in [0.3, 0.4) is 0 Å². The van der Waals surface area contributed by atoms with Crippen LogP contribution in [0.1, 0.15) is 37.7 Å². The molecule has 0 saturated heterocycles. The summed E-state index contributed by atoms with van der Waals surface area (Å²) in [6.07, 6.45) is 4.14. The number of hydrogen-bond donors (Lipinski definition) is 2. The maximum Gasteiger partial charge on any atom is 0.471 e. The minimum atomic E-state index is -4.93. The summed E-state index contributed by atoms with van der Waals surface area (Å²) in [7, 11) is 0. The number of carbonyl (C=O) groups is 2. The molecule has 0 aliphatic heterocycles.